The number of carbonyl (C=O) groups excluding carboxylic acids is 1. The lowest BCUT2D eigenvalue weighted by Crippen LogP contribution is -2.48. The highest BCUT2D eigenvalue weighted by Crippen LogP contribution is 2.26. The number of anilines is 2. The van der Waals surface area contributed by atoms with E-state index in [4.69, 9.17) is 4.74 Å². The number of carbonyl (C=O) groups is 1. The van der Waals surface area contributed by atoms with E-state index in [-0.39, 0.29) is 11.9 Å². The average Bonchev–Trinajstić information content (AvgIpc) is 3.34. The van der Waals surface area contributed by atoms with Crippen molar-refractivity contribution < 1.29 is 9.53 Å². The highest BCUT2D eigenvalue weighted by molar-refractivity contribution is 5.98. The van der Waals surface area contributed by atoms with Gasteiger partial charge in [-0.05, 0) is 31.6 Å². The van der Waals surface area contributed by atoms with Crippen molar-refractivity contribution in [3.63, 3.8) is 0 Å². The van der Waals surface area contributed by atoms with Crippen LogP contribution in [0.2, 0.25) is 0 Å². The summed E-state index contributed by atoms with van der Waals surface area (Å²) in [6.45, 7) is 1.37. The maximum atomic E-state index is 12.9. The molecule has 2 aromatic rings. The van der Waals surface area contributed by atoms with Gasteiger partial charge in [0.2, 0.25) is 5.88 Å². The molecule has 0 aromatic carbocycles. The van der Waals surface area contributed by atoms with Gasteiger partial charge in [0.25, 0.3) is 5.91 Å². The summed E-state index contributed by atoms with van der Waals surface area (Å²) in [4.78, 5) is 23.3. The second-order valence-electron chi connectivity index (χ2n) is 7.38. The molecule has 1 aliphatic carbocycles. The molecule has 4 rings (SSSR count). The Labute approximate surface area is 158 Å². The van der Waals surface area contributed by atoms with Crippen molar-refractivity contribution in [2.24, 2.45) is 13.0 Å². The zero-order chi connectivity index (χ0) is 18.6. The number of aryl methyl sites for hydroxylation is 1. The minimum absolute atomic E-state index is 0.0130. The van der Waals surface area contributed by atoms with E-state index >= 15 is 0 Å². The smallest absolute Gasteiger partial charge is 0.250 e. The number of hydrogen-bond acceptors (Lipinski definition) is 6. The predicted molar refractivity (Wildman–Crippen MR) is 102 cm³/mol. The van der Waals surface area contributed by atoms with Crippen LogP contribution in [0.3, 0.4) is 0 Å². The number of ether oxygens (including phenoxy) is 1. The fraction of sp³-hybridized carbons (Fsp3) is 0.579. The van der Waals surface area contributed by atoms with E-state index < -0.39 is 0 Å². The Morgan fingerprint density at radius 2 is 2.07 bits per heavy atom. The van der Waals surface area contributed by atoms with Crippen LogP contribution < -0.4 is 15.0 Å². The van der Waals surface area contributed by atoms with Gasteiger partial charge in [-0.15, -0.1) is 0 Å². The summed E-state index contributed by atoms with van der Waals surface area (Å²) in [6, 6.07) is 1.53. The van der Waals surface area contributed by atoms with E-state index in [2.05, 4.69) is 20.4 Å². The molecule has 1 aliphatic heterocycles. The second kappa shape index (κ2) is 7.94. The fourth-order valence-electron chi connectivity index (χ4n) is 3.83. The average molecular weight is 370 g/mol. The van der Waals surface area contributed by atoms with E-state index in [1.165, 1.54) is 25.7 Å². The van der Waals surface area contributed by atoms with Crippen molar-refractivity contribution in [2.75, 3.05) is 23.4 Å². The summed E-state index contributed by atoms with van der Waals surface area (Å²) >= 11 is 0. The zero-order valence-corrected chi connectivity index (χ0v) is 15.7. The minimum atomic E-state index is -0.333. The highest BCUT2D eigenvalue weighted by Gasteiger charge is 2.31. The fourth-order valence-corrected chi connectivity index (χ4v) is 3.83. The molecule has 1 saturated carbocycles. The lowest BCUT2D eigenvalue weighted by atomic mass is 10.0. The van der Waals surface area contributed by atoms with Crippen LogP contribution in [-0.4, -0.2) is 44.8 Å². The molecule has 1 amide bonds. The van der Waals surface area contributed by atoms with Crippen LogP contribution in [-0.2, 0) is 11.8 Å². The van der Waals surface area contributed by atoms with Gasteiger partial charge in [0.05, 0.1) is 19.0 Å². The van der Waals surface area contributed by atoms with Crippen molar-refractivity contribution in [2.45, 2.75) is 44.6 Å². The quantitative estimate of drug-likeness (QED) is 0.840. The standard InChI is InChI=1S/C19H26N6O2/c1-24-10-8-17(23-24)25-9-4-7-15(19(25)26)21-16-11-20-12-18(22-16)27-13-14-5-2-3-6-14/h8,10-12,14-15H,2-7,9,13H2,1H3,(H,21,22). The van der Waals surface area contributed by atoms with Crippen molar-refractivity contribution in [3.8, 4) is 5.88 Å². The first-order valence-electron chi connectivity index (χ1n) is 9.71. The first-order chi connectivity index (χ1) is 13.2. The van der Waals surface area contributed by atoms with Crippen LogP contribution in [0, 0.1) is 5.92 Å². The second-order valence-corrected chi connectivity index (χ2v) is 7.38. The van der Waals surface area contributed by atoms with Gasteiger partial charge >= 0.3 is 0 Å². The Morgan fingerprint density at radius 3 is 2.85 bits per heavy atom. The molecule has 1 unspecified atom stereocenters. The molecule has 3 heterocycles. The Morgan fingerprint density at radius 1 is 1.22 bits per heavy atom. The molecule has 0 spiro atoms. The molecule has 2 aromatic heterocycles. The summed E-state index contributed by atoms with van der Waals surface area (Å²) in [6.07, 6.45) is 11.8. The van der Waals surface area contributed by atoms with Crippen molar-refractivity contribution in [3.05, 3.63) is 24.7 Å². The van der Waals surface area contributed by atoms with Crippen molar-refractivity contribution in [1.82, 2.24) is 19.7 Å². The number of hydrogen-bond donors (Lipinski definition) is 1. The van der Waals surface area contributed by atoms with Crippen LogP contribution in [0.15, 0.2) is 24.7 Å². The zero-order valence-electron chi connectivity index (χ0n) is 15.7. The maximum Gasteiger partial charge on any atom is 0.250 e. The lowest BCUT2D eigenvalue weighted by molar-refractivity contribution is -0.120. The van der Waals surface area contributed by atoms with Gasteiger partial charge in [0, 0.05) is 25.9 Å². The van der Waals surface area contributed by atoms with E-state index in [0.29, 0.717) is 36.6 Å². The minimum Gasteiger partial charge on any atom is -0.476 e. The number of aromatic nitrogens is 4. The van der Waals surface area contributed by atoms with E-state index in [0.717, 1.165) is 12.8 Å². The molecule has 2 aliphatic rings. The molecule has 1 N–H and O–H groups in total. The lowest BCUT2D eigenvalue weighted by Gasteiger charge is -2.31. The molecular formula is C19H26N6O2. The number of nitrogens with one attached hydrogen (secondary N) is 1. The Hall–Kier alpha value is -2.64. The number of rotatable bonds is 6. The molecular weight excluding hydrogens is 344 g/mol. The summed E-state index contributed by atoms with van der Waals surface area (Å²) in [7, 11) is 1.85. The molecule has 2 fully saturated rings. The maximum absolute atomic E-state index is 12.9. The van der Waals surface area contributed by atoms with Gasteiger partial charge in [-0.25, -0.2) is 0 Å². The van der Waals surface area contributed by atoms with Gasteiger partial charge in [-0.1, -0.05) is 12.8 Å². The highest BCUT2D eigenvalue weighted by atomic mass is 16.5. The van der Waals surface area contributed by atoms with Crippen LogP contribution in [0.1, 0.15) is 38.5 Å². The first kappa shape index (κ1) is 17.8. The summed E-state index contributed by atoms with van der Waals surface area (Å²) in [5.74, 6) is 2.40. The topological polar surface area (TPSA) is 85.2 Å². The van der Waals surface area contributed by atoms with Crippen LogP contribution in [0.4, 0.5) is 11.6 Å². The van der Waals surface area contributed by atoms with Crippen LogP contribution in [0.25, 0.3) is 0 Å². The third-order valence-corrected chi connectivity index (χ3v) is 5.29. The number of piperidine rings is 1. The van der Waals surface area contributed by atoms with Gasteiger partial charge < -0.3 is 10.1 Å². The van der Waals surface area contributed by atoms with Gasteiger partial charge in [-0.3, -0.25) is 19.4 Å². The van der Waals surface area contributed by atoms with E-state index in [1.807, 2.05) is 19.3 Å². The van der Waals surface area contributed by atoms with Crippen LogP contribution >= 0.6 is 0 Å². The molecule has 1 atom stereocenters. The third-order valence-electron chi connectivity index (χ3n) is 5.29. The van der Waals surface area contributed by atoms with Gasteiger partial charge in [-0.2, -0.15) is 10.1 Å². The molecule has 27 heavy (non-hydrogen) atoms. The Balaban J connectivity index is 1.39. The van der Waals surface area contributed by atoms with Crippen LogP contribution in [0.5, 0.6) is 5.88 Å². The number of amides is 1. The normalized spacial score (nSPS) is 20.9. The third kappa shape index (κ3) is 4.20. The molecule has 8 nitrogen and oxygen atoms in total. The summed E-state index contributed by atoms with van der Waals surface area (Å²) < 4.78 is 7.52. The molecule has 1 saturated heterocycles. The van der Waals surface area contributed by atoms with Crippen molar-refractivity contribution in [1.29, 1.82) is 0 Å². The number of nitrogens with zero attached hydrogens (tertiary/aromatic N) is 5. The molecule has 0 bridgehead atoms. The SMILES string of the molecule is Cn1ccc(N2CCCC(Nc3cncc(OCC4CCCC4)n3)C2=O)n1. The van der Waals surface area contributed by atoms with Crippen molar-refractivity contribution >= 4 is 17.5 Å². The molecule has 0 radical (unpaired) electrons. The summed E-state index contributed by atoms with van der Waals surface area (Å²) in [5, 5.41) is 7.57. The Bertz CT molecular complexity index is 786. The predicted octanol–water partition coefficient (Wildman–Crippen LogP) is 2.39. The summed E-state index contributed by atoms with van der Waals surface area (Å²) in [5.41, 5.74) is 0. The molecule has 144 valence electrons. The largest absolute Gasteiger partial charge is 0.476 e. The van der Waals surface area contributed by atoms with E-state index in [9.17, 15) is 4.79 Å². The molecule has 8 heteroatoms. The Kier molecular flexibility index (Phi) is 5.22. The van der Waals surface area contributed by atoms with E-state index in [1.54, 1.807) is 22.0 Å². The van der Waals surface area contributed by atoms with Gasteiger partial charge in [0.15, 0.2) is 5.82 Å². The van der Waals surface area contributed by atoms with Gasteiger partial charge in [0.1, 0.15) is 11.9 Å². The monoisotopic (exact) mass is 370 g/mol. The first-order valence-corrected chi connectivity index (χ1v) is 9.71.